The van der Waals surface area contributed by atoms with Crippen LogP contribution in [-0.2, 0) is 24.1 Å². The van der Waals surface area contributed by atoms with Crippen molar-refractivity contribution in [3.63, 3.8) is 0 Å². The standard InChI is InChI=1S/C34H50ClN7O2S/c1-2-24-17-23(18-29(35)32(24)36)19-30(33(43)41-14-5-26(6-15-41)25-3-10-37-11-4-25)38-22-40-12-8-28(9-13-40)42-16-7-27-20-45-21-31(27)39-34(42)44/h17-18,20-21,25-26,28,30,37-38H,2-16,19,22,36H2,1H3,(H,39,44)/t30-/m1/s1. The molecule has 1 aromatic carbocycles. The van der Waals surface area contributed by atoms with Crippen LogP contribution in [0.2, 0.25) is 5.02 Å². The van der Waals surface area contributed by atoms with E-state index in [1.807, 2.05) is 16.3 Å². The predicted octanol–water partition coefficient (Wildman–Crippen LogP) is 4.80. The van der Waals surface area contributed by atoms with E-state index in [2.05, 4.69) is 44.1 Å². The summed E-state index contributed by atoms with van der Waals surface area (Å²) in [7, 11) is 0. The van der Waals surface area contributed by atoms with E-state index in [4.69, 9.17) is 17.3 Å². The quantitative estimate of drug-likeness (QED) is 0.290. The Labute approximate surface area is 277 Å². The number of anilines is 2. The summed E-state index contributed by atoms with van der Waals surface area (Å²) in [6, 6.07) is 3.96. The molecule has 5 N–H and O–H groups in total. The van der Waals surface area contributed by atoms with Crippen LogP contribution in [0.1, 0.15) is 62.1 Å². The Morgan fingerprint density at radius 3 is 2.51 bits per heavy atom. The molecule has 0 aliphatic carbocycles. The van der Waals surface area contributed by atoms with Gasteiger partial charge in [-0.1, -0.05) is 24.6 Å². The molecule has 0 radical (unpaired) electrons. The molecule has 0 saturated carbocycles. The Hall–Kier alpha value is -2.37. The van der Waals surface area contributed by atoms with Crippen molar-refractivity contribution >= 4 is 46.3 Å². The third-order valence-electron chi connectivity index (χ3n) is 10.7. The largest absolute Gasteiger partial charge is 0.397 e. The highest BCUT2D eigenvalue weighted by atomic mass is 35.5. The number of hydrogen-bond donors (Lipinski definition) is 4. The molecule has 3 fully saturated rings. The molecule has 0 bridgehead atoms. The summed E-state index contributed by atoms with van der Waals surface area (Å²) in [5.41, 5.74) is 11.1. The SMILES string of the molecule is CCc1cc(C[C@@H](NCN2CCC(N3CCc4cscc4NC3=O)CC2)C(=O)N2CCC(C3CCNCC3)CC2)cc(Cl)c1N. The van der Waals surface area contributed by atoms with Gasteiger partial charge < -0.3 is 26.2 Å². The van der Waals surface area contributed by atoms with Gasteiger partial charge in [-0.2, -0.15) is 0 Å². The first-order valence-corrected chi connectivity index (χ1v) is 18.4. The summed E-state index contributed by atoms with van der Waals surface area (Å²) in [5.74, 6) is 1.70. The Morgan fingerprint density at radius 1 is 1.04 bits per heavy atom. The van der Waals surface area contributed by atoms with Gasteiger partial charge in [-0.3, -0.25) is 15.0 Å². The number of halogens is 1. The van der Waals surface area contributed by atoms with Crippen molar-refractivity contribution < 1.29 is 9.59 Å². The number of aryl methyl sites for hydroxylation is 1. The molecule has 0 unspecified atom stereocenters. The number of carbonyl (C=O) groups excluding carboxylic acids is 2. The van der Waals surface area contributed by atoms with Crippen LogP contribution in [0.4, 0.5) is 16.2 Å². The average Bonchev–Trinajstić information content (AvgIpc) is 3.45. The summed E-state index contributed by atoms with van der Waals surface area (Å²) in [6.45, 7) is 9.17. The molecule has 5 heterocycles. The number of nitrogens with zero attached hydrogens (tertiary/aromatic N) is 3. The van der Waals surface area contributed by atoms with E-state index in [0.29, 0.717) is 23.8 Å². The molecule has 1 atom stereocenters. The van der Waals surface area contributed by atoms with Crippen LogP contribution >= 0.6 is 22.9 Å². The zero-order chi connectivity index (χ0) is 31.3. The van der Waals surface area contributed by atoms with Crippen molar-refractivity contribution in [3.05, 3.63) is 44.6 Å². The van der Waals surface area contributed by atoms with Gasteiger partial charge in [-0.05, 0) is 111 Å². The first kappa shape index (κ1) is 32.6. The number of thiophene rings is 1. The molecule has 45 heavy (non-hydrogen) atoms. The van der Waals surface area contributed by atoms with E-state index >= 15 is 0 Å². The van der Waals surface area contributed by atoms with Gasteiger partial charge in [0.05, 0.1) is 22.4 Å². The van der Waals surface area contributed by atoms with Gasteiger partial charge in [-0.25, -0.2) is 4.79 Å². The van der Waals surface area contributed by atoms with Crippen molar-refractivity contribution in [1.29, 1.82) is 0 Å². The average molecular weight is 656 g/mol. The topological polar surface area (TPSA) is 106 Å². The zero-order valence-corrected chi connectivity index (χ0v) is 28.2. The second-order valence-electron chi connectivity index (χ2n) is 13.4. The molecule has 3 amide bonds. The number of nitrogen functional groups attached to an aromatic ring is 1. The summed E-state index contributed by atoms with van der Waals surface area (Å²) < 4.78 is 0. The minimum Gasteiger partial charge on any atom is -0.397 e. The second kappa shape index (κ2) is 15.0. The monoisotopic (exact) mass is 655 g/mol. The van der Waals surface area contributed by atoms with Crippen LogP contribution in [-0.4, -0.2) is 91.2 Å². The van der Waals surface area contributed by atoms with E-state index in [-0.39, 0.29) is 24.0 Å². The highest BCUT2D eigenvalue weighted by Crippen LogP contribution is 2.32. The van der Waals surface area contributed by atoms with Crippen molar-refractivity contribution in [2.75, 3.05) is 63.5 Å². The smallest absolute Gasteiger partial charge is 0.322 e. The van der Waals surface area contributed by atoms with Gasteiger partial charge in [0, 0.05) is 50.8 Å². The second-order valence-corrected chi connectivity index (χ2v) is 14.6. The third kappa shape index (κ3) is 7.79. The van der Waals surface area contributed by atoms with Crippen molar-refractivity contribution in [1.82, 2.24) is 25.3 Å². The zero-order valence-electron chi connectivity index (χ0n) is 26.7. The summed E-state index contributed by atoms with van der Waals surface area (Å²) in [4.78, 5) is 33.6. The van der Waals surface area contributed by atoms with E-state index in [1.165, 1.54) is 18.4 Å². The van der Waals surface area contributed by atoms with E-state index in [1.54, 1.807) is 11.3 Å². The highest BCUT2D eigenvalue weighted by molar-refractivity contribution is 7.08. The van der Waals surface area contributed by atoms with E-state index in [9.17, 15) is 9.59 Å². The fourth-order valence-corrected chi connectivity index (χ4v) is 8.98. The molecule has 1 aromatic heterocycles. The molecule has 246 valence electrons. The number of nitrogens with two attached hydrogens (primary N) is 1. The van der Waals surface area contributed by atoms with Gasteiger partial charge in [0.15, 0.2) is 0 Å². The molecule has 4 aliphatic heterocycles. The predicted molar refractivity (Wildman–Crippen MR) is 184 cm³/mol. The Kier molecular flexibility index (Phi) is 10.9. The Balaban J connectivity index is 1.06. The number of benzene rings is 1. The molecule has 4 aliphatic rings. The normalized spacial score (nSPS) is 21.8. The Bertz CT molecular complexity index is 1320. The fraction of sp³-hybridized carbons (Fsp3) is 0.647. The van der Waals surface area contributed by atoms with Crippen LogP contribution in [0, 0.1) is 11.8 Å². The molecular weight excluding hydrogens is 606 g/mol. The maximum atomic E-state index is 14.1. The number of rotatable bonds is 9. The number of fused-ring (bicyclic) bond motifs is 1. The van der Waals surface area contributed by atoms with Gasteiger partial charge >= 0.3 is 6.03 Å². The summed E-state index contributed by atoms with van der Waals surface area (Å²) in [6.07, 6.45) is 8.85. The molecule has 3 saturated heterocycles. The maximum Gasteiger partial charge on any atom is 0.322 e. The number of piperidine rings is 3. The number of likely N-dealkylation sites (tertiary alicyclic amines) is 2. The van der Waals surface area contributed by atoms with Crippen LogP contribution in [0.25, 0.3) is 0 Å². The minimum absolute atomic E-state index is 0.0203. The lowest BCUT2D eigenvalue weighted by atomic mass is 9.79. The van der Waals surface area contributed by atoms with Gasteiger partial charge in [-0.15, -0.1) is 11.3 Å². The van der Waals surface area contributed by atoms with Crippen LogP contribution in [0.5, 0.6) is 0 Å². The first-order valence-electron chi connectivity index (χ1n) is 17.0. The number of amides is 3. The van der Waals surface area contributed by atoms with E-state index < -0.39 is 0 Å². The minimum atomic E-state index is -0.335. The fourth-order valence-electron chi connectivity index (χ4n) is 7.89. The van der Waals surface area contributed by atoms with E-state index in [0.717, 1.165) is 113 Å². The first-order chi connectivity index (χ1) is 21.9. The number of hydrogen-bond acceptors (Lipinski definition) is 7. The molecule has 11 heteroatoms. The number of carbonyl (C=O) groups is 2. The number of nitrogens with one attached hydrogen (secondary N) is 3. The third-order valence-corrected chi connectivity index (χ3v) is 11.8. The van der Waals surface area contributed by atoms with Gasteiger partial charge in [0.1, 0.15) is 0 Å². The highest BCUT2D eigenvalue weighted by Gasteiger charge is 2.34. The lowest BCUT2D eigenvalue weighted by Gasteiger charge is -2.40. The Morgan fingerprint density at radius 2 is 1.78 bits per heavy atom. The summed E-state index contributed by atoms with van der Waals surface area (Å²) >= 11 is 8.17. The summed E-state index contributed by atoms with van der Waals surface area (Å²) in [5, 5.41) is 15.0. The van der Waals surface area contributed by atoms with Crippen LogP contribution in [0.3, 0.4) is 0 Å². The van der Waals surface area contributed by atoms with Gasteiger partial charge in [0.25, 0.3) is 0 Å². The van der Waals surface area contributed by atoms with Crippen molar-refractivity contribution in [3.8, 4) is 0 Å². The van der Waals surface area contributed by atoms with Crippen LogP contribution < -0.4 is 21.7 Å². The lowest BCUT2D eigenvalue weighted by Crippen LogP contribution is -2.54. The van der Waals surface area contributed by atoms with Gasteiger partial charge in [0.2, 0.25) is 5.91 Å². The molecular formula is C34H50ClN7O2S. The van der Waals surface area contributed by atoms with Crippen molar-refractivity contribution in [2.45, 2.75) is 76.8 Å². The van der Waals surface area contributed by atoms with Crippen LogP contribution in [0.15, 0.2) is 22.9 Å². The molecule has 6 rings (SSSR count). The molecule has 9 nitrogen and oxygen atoms in total. The lowest BCUT2D eigenvalue weighted by molar-refractivity contribution is -0.135. The van der Waals surface area contributed by atoms with Crippen molar-refractivity contribution in [2.24, 2.45) is 11.8 Å². The number of urea groups is 1. The molecule has 0 spiro atoms. The molecule has 2 aromatic rings. The maximum absolute atomic E-state index is 14.1.